The minimum atomic E-state index is -0.542. The third kappa shape index (κ3) is 10.4. The van der Waals surface area contributed by atoms with Crippen LogP contribution in [-0.2, 0) is 25.6 Å². The van der Waals surface area contributed by atoms with Gasteiger partial charge in [0, 0.05) is 17.6 Å². The Hall–Kier alpha value is -5.24. The maximum absolute atomic E-state index is 12.3. The van der Waals surface area contributed by atoms with Crippen molar-refractivity contribution in [2.75, 3.05) is 7.11 Å². The van der Waals surface area contributed by atoms with Crippen LogP contribution >= 0.6 is 0 Å². The molecule has 3 aromatic carbocycles. The van der Waals surface area contributed by atoms with Crippen LogP contribution in [0, 0.1) is 0 Å². The van der Waals surface area contributed by atoms with Gasteiger partial charge >= 0.3 is 17.9 Å². The largest absolute Gasteiger partial charge is 0.493 e. The van der Waals surface area contributed by atoms with Gasteiger partial charge < -0.3 is 18.9 Å². The zero-order valence-corrected chi connectivity index (χ0v) is 23.3. The molecule has 3 aromatic rings. The molecular weight excluding hydrogens is 524 g/mol. The maximum Gasteiger partial charge on any atom is 0.338 e. The number of ether oxygens (including phenoxy) is 4. The normalized spacial score (nSPS) is 9.73. The quantitative estimate of drug-likeness (QED) is 0.118. The molecule has 0 fully saturated rings. The van der Waals surface area contributed by atoms with Gasteiger partial charge in [0.05, 0.1) is 7.11 Å². The van der Waals surface area contributed by atoms with Crippen molar-refractivity contribution in [2.24, 2.45) is 0 Å². The number of methoxy groups -OCH3 is 1. The van der Waals surface area contributed by atoms with Gasteiger partial charge in [0.25, 0.3) is 0 Å². The summed E-state index contributed by atoms with van der Waals surface area (Å²) in [4.78, 5) is 44.9. The Labute approximate surface area is 239 Å². The summed E-state index contributed by atoms with van der Waals surface area (Å²) in [5, 5.41) is 0. The van der Waals surface area contributed by atoms with Gasteiger partial charge in [-0.3, -0.25) is 9.59 Å². The summed E-state index contributed by atoms with van der Waals surface area (Å²) in [5.74, 6) is 0.136. The highest BCUT2D eigenvalue weighted by molar-refractivity contribution is 5.89. The fourth-order valence-corrected chi connectivity index (χ4v) is 3.19. The molecule has 0 amide bonds. The molecule has 0 atom stereocenters. The molecule has 41 heavy (non-hydrogen) atoms. The van der Waals surface area contributed by atoms with Gasteiger partial charge in [-0.15, -0.1) is 0 Å². The molecule has 0 aliphatic heterocycles. The van der Waals surface area contributed by atoms with Gasteiger partial charge in [0.2, 0.25) is 0 Å². The van der Waals surface area contributed by atoms with E-state index in [0.717, 1.165) is 16.7 Å². The number of esters is 3. The third-order valence-electron chi connectivity index (χ3n) is 5.33. The molecule has 0 aromatic heterocycles. The minimum Gasteiger partial charge on any atom is -0.493 e. The number of carbonyl (C=O) groups is 4. The van der Waals surface area contributed by atoms with Gasteiger partial charge in [-0.05, 0) is 79.4 Å². The van der Waals surface area contributed by atoms with Crippen molar-refractivity contribution in [2.45, 2.75) is 26.7 Å². The van der Waals surface area contributed by atoms with E-state index in [4.69, 9.17) is 23.7 Å². The van der Waals surface area contributed by atoms with Crippen molar-refractivity contribution in [3.05, 3.63) is 109 Å². The van der Waals surface area contributed by atoms with E-state index < -0.39 is 11.9 Å². The van der Waals surface area contributed by atoms with Crippen LogP contribution in [-0.4, -0.2) is 31.3 Å². The topological polar surface area (TPSA) is 105 Å². The Bertz CT molecular complexity index is 1410. The first-order chi connectivity index (χ1) is 19.6. The summed E-state index contributed by atoms with van der Waals surface area (Å²) in [6.45, 7) is 13.4. The van der Waals surface area contributed by atoms with Gasteiger partial charge in [-0.1, -0.05) is 50.1 Å². The second kappa shape index (κ2) is 16.0. The van der Waals surface area contributed by atoms with E-state index in [-0.39, 0.29) is 23.7 Å². The number of carbonyl (C=O) groups excluding carboxylic acids is 4. The van der Waals surface area contributed by atoms with E-state index >= 15 is 0 Å². The number of hydrogen-bond donors (Lipinski definition) is 0. The molecule has 8 nitrogen and oxygen atoms in total. The van der Waals surface area contributed by atoms with Crippen LogP contribution in [0.3, 0.4) is 0 Å². The second-order valence-corrected chi connectivity index (χ2v) is 8.72. The Morgan fingerprint density at radius 1 is 0.732 bits per heavy atom. The van der Waals surface area contributed by atoms with Crippen molar-refractivity contribution >= 4 is 24.2 Å². The summed E-state index contributed by atoms with van der Waals surface area (Å²) in [6.07, 6.45) is 2.49. The van der Waals surface area contributed by atoms with E-state index in [2.05, 4.69) is 19.7 Å². The minimum absolute atomic E-state index is 0.183. The number of allylic oxidation sites excluding steroid dienone is 1. The first kappa shape index (κ1) is 32.0. The monoisotopic (exact) mass is 556 g/mol. The van der Waals surface area contributed by atoms with Crippen molar-refractivity contribution in [3.63, 3.8) is 0 Å². The van der Waals surface area contributed by atoms with Crippen molar-refractivity contribution < 1.29 is 38.1 Å². The average Bonchev–Trinajstić information content (AvgIpc) is 2.97. The highest BCUT2D eigenvalue weighted by Gasteiger charge is 2.13. The molecule has 0 radical (unpaired) electrons. The summed E-state index contributed by atoms with van der Waals surface area (Å²) in [5.41, 5.74) is 3.13. The van der Waals surface area contributed by atoms with Crippen LogP contribution in [0.1, 0.15) is 25.8 Å². The Balaban J connectivity index is 0.00000138. The lowest BCUT2D eigenvalue weighted by Gasteiger charge is -2.12. The van der Waals surface area contributed by atoms with Gasteiger partial charge in [-0.25, -0.2) is 9.59 Å². The molecule has 3 rings (SSSR count). The fraction of sp³-hybridized carbons (Fsp3) is 0.152. The molecule has 0 saturated carbocycles. The molecule has 8 heteroatoms. The summed E-state index contributed by atoms with van der Waals surface area (Å²) < 4.78 is 21.3. The number of benzene rings is 3. The Morgan fingerprint density at radius 2 is 1.24 bits per heavy atom. The summed E-state index contributed by atoms with van der Waals surface area (Å²) in [6, 6.07) is 19.2. The van der Waals surface area contributed by atoms with Crippen LogP contribution in [0.5, 0.6) is 23.0 Å². The summed E-state index contributed by atoms with van der Waals surface area (Å²) in [7, 11) is 1.49. The van der Waals surface area contributed by atoms with E-state index in [1.54, 1.807) is 74.5 Å². The van der Waals surface area contributed by atoms with Crippen LogP contribution < -0.4 is 18.9 Å². The number of hydrogen-bond acceptors (Lipinski definition) is 8. The predicted octanol–water partition coefficient (Wildman–Crippen LogP) is 6.23. The molecule has 0 unspecified atom stereocenters. The molecule has 0 saturated heterocycles. The zero-order valence-electron chi connectivity index (χ0n) is 23.3. The molecule has 0 aliphatic carbocycles. The molecule has 0 aliphatic rings. The lowest BCUT2D eigenvalue weighted by atomic mass is 10.0. The second-order valence-electron chi connectivity index (χ2n) is 8.72. The fourth-order valence-electron chi connectivity index (χ4n) is 3.19. The number of aldehydes is 1. The van der Waals surface area contributed by atoms with E-state index in [1.165, 1.54) is 13.2 Å². The van der Waals surface area contributed by atoms with Crippen LogP contribution in [0.4, 0.5) is 0 Å². The predicted molar refractivity (Wildman–Crippen MR) is 156 cm³/mol. The lowest BCUT2D eigenvalue weighted by Crippen LogP contribution is -2.09. The van der Waals surface area contributed by atoms with Gasteiger partial charge in [-0.2, -0.15) is 0 Å². The van der Waals surface area contributed by atoms with Crippen molar-refractivity contribution in [1.29, 1.82) is 0 Å². The van der Waals surface area contributed by atoms with Crippen LogP contribution in [0.25, 0.3) is 11.1 Å². The highest BCUT2D eigenvalue weighted by Crippen LogP contribution is 2.33. The van der Waals surface area contributed by atoms with Crippen LogP contribution in [0.15, 0.2) is 104 Å². The molecule has 0 N–H and O–H groups in total. The lowest BCUT2D eigenvalue weighted by molar-refractivity contribution is -0.134. The highest BCUT2D eigenvalue weighted by atomic mass is 16.6. The molecule has 0 bridgehead atoms. The zero-order chi connectivity index (χ0) is 30.4. The smallest absolute Gasteiger partial charge is 0.338 e. The number of aryl methyl sites for hydroxylation is 1. The Kier molecular flexibility index (Phi) is 12.5. The first-order valence-corrected chi connectivity index (χ1v) is 12.5. The van der Waals surface area contributed by atoms with E-state index in [1.807, 2.05) is 6.07 Å². The third-order valence-corrected chi connectivity index (χ3v) is 5.33. The maximum atomic E-state index is 12.3. The molecule has 212 valence electrons. The standard InChI is InChI=1S/C30H28O7.C3H4O/c1-19(2)29(32)36-25-12-6-21(7-13-25)8-17-28(31)35-24-14-9-22(10-15-24)23-11-16-26(34-5)27(18-23)37-30(33)20(3)4;1-2-3-4/h6-7,9-16,18H,1,3,8,17H2,2,4-5H3;2-3H,1H2. The molecular formula is C33H32O8. The van der Waals surface area contributed by atoms with Gasteiger partial charge in [0.1, 0.15) is 17.8 Å². The SMILES string of the molecule is C=C(C)C(=O)Oc1ccc(CCC(=O)Oc2ccc(-c3ccc(OC)c(OC(=O)C(=C)C)c3)cc2)cc1.C=CC=O. The first-order valence-electron chi connectivity index (χ1n) is 12.5. The van der Waals surface area contributed by atoms with E-state index in [9.17, 15) is 14.4 Å². The average molecular weight is 557 g/mol. The summed E-state index contributed by atoms with van der Waals surface area (Å²) >= 11 is 0. The Morgan fingerprint density at radius 3 is 1.78 bits per heavy atom. The van der Waals surface area contributed by atoms with Gasteiger partial charge in [0.15, 0.2) is 11.5 Å². The van der Waals surface area contributed by atoms with Crippen molar-refractivity contribution in [3.8, 4) is 34.1 Å². The van der Waals surface area contributed by atoms with E-state index in [0.29, 0.717) is 35.5 Å². The molecule has 0 spiro atoms. The molecule has 0 heterocycles. The number of rotatable bonds is 11. The van der Waals surface area contributed by atoms with Crippen molar-refractivity contribution in [1.82, 2.24) is 0 Å². The van der Waals surface area contributed by atoms with Crippen LogP contribution in [0.2, 0.25) is 0 Å².